The largest absolute Gasteiger partial charge is 0.506 e. The van der Waals surface area contributed by atoms with Gasteiger partial charge in [-0.25, -0.2) is 0 Å². The average molecular weight is 207 g/mol. The van der Waals surface area contributed by atoms with Gasteiger partial charge in [-0.05, 0) is 31.0 Å². The second-order valence-corrected chi connectivity index (χ2v) is 3.82. The maximum atomic E-state index is 11.6. The van der Waals surface area contributed by atoms with Crippen LogP contribution in [0.25, 0.3) is 0 Å². The van der Waals surface area contributed by atoms with Crippen molar-refractivity contribution in [3.8, 4) is 5.75 Å². The fourth-order valence-corrected chi connectivity index (χ4v) is 1.19. The summed E-state index contributed by atoms with van der Waals surface area (Å²) >= 11 is 0. The Morgan fingerprint density at radius 3 is 2.80 bits per heavy atom. The van der Waals surface area contributed by atoms with E-state index in [9.17, 15) is 9.90 Å². The molecule has 0 aliphatic carbocycles. The lowest BCUT2D eigenvalue weighted by Gasteiger charge is -2.11. The minimum atomic E-state index is -0.0570. The number of nitrogens with one attached hydrogen (secondary N) is 1. The SMILES string of the molecule is CCC(C)C(=O)Nc1cc(C)ccc1O. The predicted molar refractivity (Wildman–Crippen MR) is 60.9 cm³/mol. The Bertz CT molecular complexity index is 361. The van der Waals surface area contributed by atoms with Gasteiger partial charge in [-0.15, -0.1) is 0 Å². The zero-order valence-electron chi connectivity index (χ0n) is 9.37. The van der Waals surface area contributed by atoms with E-state index < -0.39 is 0 Å². The van der Waals surface area contributed by atoms with Crippen LogP contribution in [0.4, 0.5) is 5.69 Å². The molecule has 0 bridgehead atoms. The summed E-state index contributed by atoms with van der Waals surface area (Å²) in [6, 6.07) is 5.14. The highest BCUT2D eigenvalue weighted by Crippen LogP contribution is 2.24. The van der Waals surface area contributed by atoms with Crippen LogP contribution >= 0.6 is 0 Å². The van der Waals surface area contributed by atoms with E-state index in [0.717, 1.165) is 12.0 Å². The molecule has 0 aliphatic heterocycles. The van der Waals surface area contributed by atoms with Gasteiger partial charge in [0.15, 0.2) is 0 Å². The van der Waals surface area contributed by atoms with Crippen molar-refractivity contribution in [3.63, 3.8) is 0 Å². The van der Waals surface area contributed by atoms with Crippen LogP contribution in [0.5, 0.6) is 5.75 Å². The fraction of sp³-hybridized carbons (Fsp3) is 0.417. The van der Waals surface area contributed by atoms with E-state index in [1.54, 1.807) is 18.2 Å². The first-order valence-electron chi connectivity index (χ1n) is 5.15. The Balaban J connectivity index is 2.80. The molecule has 1 aromatic rings. The molecule has 0 saturated carbocycles. The van der Waals surface area contributed by atoms with Gasteiger partial charge in [0.25, 0.3) is 0 Å². The molecule has 15 heavy (non-hydrogen) atoms. The molecule has 1 rings (SSSR count). The number of carbonyl (C=O) groups is 1. The molecule has 1 unspecified atom stereocenters. The van der Waals surface area contributed by atoms with Gasteiger partial charge in [-0.2, -0.15) is 0 Å². The second-order valence-electron chi connectivity index (χ2n) is 3.82. The van der Waals surface area contributed by atoms with E-state index in [1.165, 1.54) is 0 Å². The van der Waals surface area contributed by atoms with Gasteiger partial charge < -0.3 is 10.4 Å². The van der Waals surface area contributed by atoms with Crippen molar-refractivity contribution < 1.29 is 9.90 Å². The molecule has 0 saturated heterocycles. The number of amides is 1. The number of benzene rings is 1. The summed E-state index contributed by atoms with van der Waals surface area (Å²) in [5.41, 5.74) is 1.49. The Labute approximate surface area is 90.1 Å². The first kappa shape index (κ1) is 11.6. The van der Waals surface area contributed by atoms with Crippen molar-refractivity contribution in [1.82, 2.24) is 0 Å². The first-order chi connectivity index (χ1) is 7.04. The third kappa shape index (κ3) is 2.98. The maximum absolute atomic E-state index is 11.6. The molecule has 0 fully saturated rings. The molecule has 0 spiro atoms. The Kier molecular flexibility index (Phi) is 3.72. The van der Waals surface area contributed by atoms with Crippen LogP contribution in [0.2, 0.25) is 0 Å². The number of anilines is 1. The highest BCUT2D eigenvalue weighted by atomic mass is 16.3. The molecular weight excluding hydrogens is 190 g/mol. The molecule has 1 atom stereocenters. The van der Waals surface area contributed by atoms with E-state index >= 15 is 0 Å². The lowest BCUT2D eigenvalue weighted by molar-refractivity contribution is -0.119. The molecular formula is C12H17NO2. The van der Waals surface area contributed by atoms with Gasteiger partial charge in [0.1, 0.15) is 5.75 Å². The smallest absolute Gasteiger partial charge is 0.227 e. The summed E-state index contributed by atoms with van der Waals surface area (Å²) in [6.07, 6.45) is 0.790. The number of phenolic OH excluding ortho intramolecular Hbond substituents is 1. The van der Waals surface area contributed by atoms with Crippen LogP contribution in [0.3, 0.4) is 0 Å². The van der Waals surface area contributed by atoms with Crippen LogP contribution in [0.15, 0.2) is 18.2 Å². The number of aromatic hydroxyl groups is 1. The summed E-state index contributed by atoms with van der Waals surface area (Å²) in [7, 11) is 0. The monoisotopic (exact) mass is 207 g/mol. The number of aryl methyl sites for hydroxylation is 1. The standard InChI is InChI=1S/C12H17NO2/c1-4-9(3)12(15)13-10-7-8(2)5-6-11(10)14/h5-7,9,14H,4H2,1-3H3,(H,13,15). The van der Waals surface area contributed by atoms with Gasteiger partial charge in [0.2, 0.25) is 5.91 Å². The Morgan fingerprint density at radius 2 is 2.20 bits per heavy atom. The molecule has 0 aliphatic rings. The summed E-state index contributed by atoms with van der Waals surface area (Å²) in [5.74, 6) is 0.0144. The molecule has 3 nitrogen and oxygen atoms in total. The Hall–Kier alpha value is -1.51. The molecule has 0 radical (unpaired) electrons. The highest BCUT2D eigenvalue weighted by Gasteiger charge is 2.12. The molecule has 0 heterocycles. The van der Waals surface area contributed by atoms with Crippen LogP contribution in [-0.2, 0) is 4.79 Å². The third-order valence-corrected chi connectivity index (χ3v) is 2.47. The van der Waals surface area contributed by atoms with Crippen molar-refractivity contribution in [3.05, 3.63) is 23.8 Å². The lowest BCUT2D eigenvalue weighted by atomic mass is 10.1. The summed E-state index contributed by atoms with van der Waals surface area (Å²) < 4.78 is 0. The van der Waals surface area contributed by atoms with E-state index in [1.807, 2.05) is 20.8 Å². The lowest BCUT2D eigenvalue weighted by Crippen LogP contribution is -2.19. The highest BCUT2D eigenvalue weighted by molar-refractivity contribution is 5.93. The average Bonchev–Trinajstić information content (AvgIpc) is 2.22. The van der Waals surface area contributed by atoms with Crippen LogP contribution in [-0.4, -0.2) is 11.0 Å². The number of rotatable bonds is 3. The summed E-state index contributed by atoms with van der Waals surface area (Å²) in [6.45, 7) is 5.74. The minimum Gasteiger partial charge on any atom is -0.506 e. The number of hydrogen-bond donors (Lipinski definition) is 2. The van der Waals surface area contributed by atoms with E-state index in [2.05, 4.69) is 5.32 Å². The van der Waals surface area contributed by atoms with Crippen molar-refractivity contribution in [2.75, 3.05) is 5.32 Å². The van der Waals surface area contributed by atoms with Gasteiger partial charge in [0, 0.05) is 5.92 Å². The molecule has 82 valence electrons. The molecule has 0 aromatic heterocycles. The zero-order valence-corrected chi connectivity index (χ0v) is 9.37. The van der Waals surface area contributed by atoms with E-state index in [4.69, 9.17) is 0 Å². The van der Waals surface area contributed by atoms with Gasteiger partial charge >= 0.3 is 0 Å². The summed E-state index contributed by atoms with van der Waals surface area (Å²) in [5, 5.41) is 12.2. The number of phenols is 1. The van der Waals surface area contributed by atoms with Gasteiger partial charge in [0.05, 0.1) is 5.69 Å². The fourth-order valence-electron chi connectivity index (χ4n) is 1.19. The number of hydrogen-bond acceptors (Lipinski definition) is 2. The topological polar surface area (TPSA) is 49.3 Å². The first-order valence-corrected chi connectivity index (χ1v) is 5.15. The van der Waals surface area contributed by atoms with E-state index in [0.29, 0.717) is 5.69 Å². The Morgan fingerprint density at radius 1 is 1.53 bits per heavy atom. The minimum absolute atomic E-state index is 0.0371. The quantitative estimate of drug-likeness (QED) is 0.749. The molecule has 2 N–H and O–H groups in total. The van der Waals surface area contributed by atoms with E-state index in [-0.39, 0.29) is 17.6 Å². The van der Waals surface area contributed by atoms with Crippen LogP contribution in [0.1, 0.15) is 25.8 Å². The second kappa shape index (κ2) is 4.82. The van der Waals surface area contributed by atoms with Crippen molar-refractivity contribution in [1.29, 1.82) is 0 Å². The van der Waals surface area contributed by atoms with Crippen molar-refractivity contribution >= 4 is 11.6 Å². The third-order valence-electron chi connectivity index (χ3n) is 2.47. The van der Waals surface area contributed by atoms with Crippen LogP contribution < -0.4 is 5.32 Å². The predicted octanol–water partition coefficient (Wildman–Crippen LogP) is 2.69. The number of carbonyl (C=O) groups excluding carboxylic acids is 1. The van der Waals surface area contributed by atoms with Crippen molar-refractivity contribution in [2.45, 2.75) is 27.2 Å². The normalized spacial score (nSPS) is 12.2. The zero-order chi connectivity index (χ0) is 11.4. The van der Waals surface area contributed by atoms with Gasteiger partial charge in [-0.3, -0.25) is 4.79 Å². The summed E-state index contributed by atoms with van der Waals surface area (Å²) in [4.78, 5) is 11.6. The molecule has 3 heteroatoms. The van der Waals surface area contributed by atoms with Gasteiger partial charge in [-0.1, -0.05) is 19.9 Å². The maximum Gasteiger partial charge on any atom is 0.227 e. The van der Waals surface area contributed by atoms with Crippen molar-refractivity contribution in [2.24, 2.45) is 5.92 Å². The molecule has 1 aromatic carbocycles. The van der Waals surface area contributed by atoms with Crippen LogP contribution in [0, 0.1) is 12.8 Å². The molecule has 1 amide bonds.